The van der Waals surface area contributed by atoms with Gasteiger partial charge in [-0.3, -0.25) is 19.5 Å². The van der Waals surface area contributed by atoms with Gasteiger partial charge in [0.25, 0.3) is 11.5 Å². The highest BCUT2D eigenvalue weighted by molar-refractivity contribution is 5.92. The second-order valence-electron chi connectivity index (χ2n) is 9.37. The lowest BCUT2D eigenvalue weighted by Crippen LogP contribution is -2.59. The number of amides is 1. The fraction of sp³-hybridized carbons (Fsp3) is 0.440. The number of carbonyl (C=O) groups excluding carboxylic acids is 1. The van der Waals surface area contributed by atoms with Gasteiger partial charge >= 0.3 is 0 Å². The lowest BCUT2D eigenvalue weighted by Gasteiger charge is -2.54. The molecule has 0 bridgehead atoms. The largest absolute Gasteiger partial charge is 0.370 e. The summed E-state index contributed by atoms with van der Waals surface area (Å²) in [6.45, 7) is 7.04. The molecule has 2 fully saturated rings. The van der Waals surface area contributed by atoms with Gasteiger partial charge in [-0.2, -0.15) is 0 Å². The zero-order valence-corrected chi connectivity index (χ0v) is 19.2. The summed E-state index contributed by atoms with van der Waals surface area (Å²) in [6.07, 6.45) is 6.76. The van der Waals surface area contributed by atoms with Gasteiger partial charge in [-0.05, 0) is 54.5 Å². The van der Waals surface area contributed by atoms with Crippen molar-refractivity contribution >= 4 is 22.6 Å². The Bertz CT molecular complexity index is 1220. The standard InChI is InChI=1S/C25H30N6O2/c1-3-18-11-21-22(29-23(18)32)10-17(12-27-21)14-30-15-25(16-30)6-8-31(9-7-25)19-4-5-20(28-13-19)24(33)26-2/h4-5,10-13H,3,6-9,14-16H2,1-2H3,(H,26,33)(H,29,32). The van der Waals surface area contributed by atoms with Crippen LogP contribution < -0.4 is 15.8 Å². The molecule has 2 saturated heterocycles. The van der Waals surface area contributed by atoms with Crippen molar-refractivity contribution in [3.8, 4) is 0 Å². The minimum absolute atomic E-state index is 0.0166. The van der Waals surface area contributed by atoms with E-state index >= 15 is 0 Å². The molecule has 0 saturated carbocycles. The van der Waals surface area contributed by atoms with Crippen LogP contribution in [-0.2, 0) is 13.0 Å². The molecule has 0 unspecified atom stereocenters. The topological polar surface area (TPSA) is 94.2 Å². The number of nitrogens with one attached hydrogen (secondary N) is 2. The molecule has 2 N–H and O–H groups in total. The van der Waals surface area contributed by atoms with Crippen molar-refractivity contribution in [3.05, 3.63) is 63.8 Å². The lowest BCUT2D eigenvalue weighted by atomic mass is 9.72. The van der Waals surface area contributed by atoms with Crippen molar-refractivity contribution in [2.24, 2.45) is 5.41 Å². The quantitative estimate of drug-likeness (QED) is 0.625. The number of anilines is 1. The van der Waals surface area contributed by atoms with Crippen LogP contribution in [0.4, 0.5) is 5.69 Å². The predicted molar refractivity (Wildman–Crippen MR) is 129 cm³/mol. The molecular formula is C25H30N6O2. The molecule has 1 amide bonds. The van der Waals surface area contributed by atoms with E-state index in [2.05, 4.69) is 36.1 Å². The maximum Gasteiger partial charge on any atom is 0.269 e. The fourth-order valence-electron chi connectivity index (χ4n) is 5.18. The summed E-state index contributed by atoms with van der Waals surface area (Å²) in [5.41, 5.74) is 5.47. The zero-order chi connectivity index (χ0) is 23.0. The van der Waals surface area contributed by atoms with Crippen LogP contribution in [0.25, 0.3) is 11.0 Å². The molecule has 1 spiro atoms. The first-order chi connectivity index (χ1) is 16.0. The third-order valence-electron chi connectivity index (χ3n) is 7.13. The van der Waals surface area contributed by atoms with E-state index in [4.69, 9.17) is 0 Å². The van der Waals surface area contributed by atoms with E-state index in [1.807, 2.05) is 25.3 Å². The summed E-state index contributed by atoms with van der Waals surface area (Å²) in [4.78, 5) is 40.5. The summed E-state index contributed by atoms with van der Waals surface area (Å²) >= 11 is 0. The van der Waals surface area contributed by atoms with Gasteiger partial charge in [-0.1, -0.05) is 6.92 Å². The number of nitrogens with zero attached hydrogens (tertiary/aromatic N) is 4. The fourth-order valence-corrected chi connectivity index (χ4v) is 5.18. The van der Waals surface area contributed by atoms with Gasteiger partial charge in [0.1, 0.15) is 5.69 Å². The highest BCUT2D eigenvalue weighted by Crippen LogP contribution is 2.41. The second-order valence-corrected chi connectivity index (χ2v) is 9.37. The van der Waals surface area contributed by atoms with E-state index in [0.29, 0.717) is 17.5 Å². The van der Waals surface area contributed by atoms with Gasteiger partial charge in [0, 0.05) is 51.5 Å². The number of aromatic amines is 1. The van der Waals surface area contributed by atoms with Crippen LogP contribution in [0.15, 0.2) is 41.5 Å². The predicted octanol–water partition coefficient (Wildman–Crippen LogP) is 2.34. The van der Waals surface area contributed by atoms with Crippen LogP contribution in [0.5, 0.6) is 0 Å². The third-order valence-corrected chi connectivity index (χ3v) is 7.13. The number of aromatic nitrogens is 3. The van der Waals surface area contributed by atoms with E-state index < -0.39 is 0 Å². The maximum absolute atomic E-state index is 12.1. The minimum atomic E-state index is -0.160. The van der Waals surface area contributed by atoms with Gasteiger partial charge in [-0.15, -0.1) is 0 Å². The zero-order valence-electron chi connectivity index (χ0n) is 19.2. The van der Waals surface area contributed by atoms with Gasteiger partial charge in [0.05, 0.1) is 22.9 Å². The van der Waals surface area contributed by atoms with Crippen molar-refractivity contribution in [2.45, 2.75) is 32.7 Å². The second kappa shape index (κ2) is 8.59. The van der Waals surface area contributed by atoms with Crippen LogP contribution in [-0.4, -0.2) is 59.0 Å². The summed E-state index contributed by atoms with van der Waals surface area (Å²) in [5, 5.41) is 2.60. The summed E-state index contributed by atoms with van der Waals surface area (Å²) in [6, 6.07) is 7.74. The number of hydrogen-bond donors (Lipinski definition) is 2. The Morgan fingerprint density at radius 3 is 2.61 bits per heavy atom. The van der Waals surface area contributed by atoms with Crippen molar-refractivity contribution in [3.63, 3.8) is 0 Å². The first kappa shape index (κ1) is 21.6. The van der Waals surface area contributed by atoms with Crippen molar-refractivity contribution in [1.29, 1.82) is 0 Å². The highest BCUT2D eigenvalue weighted by atomic mass is 16.1. The Kier molecular flexibility index (Phi) is 5.62. The number of pyridine rings is 3. The normalized spacial score (nSPS) is 17.8. The third kappa shape index (κ3) is 4.23. The van der Waals surface area contributed by atoms with E-state index in [1.165, 1.54) is 0 Å². The van der Waals surface area contributed by atoms with Crippen LogP contribution in [0.3, 0.4) is 0 Å². The minimum Gasteiger partial charge on any atom is -0.370 e. The molecule has 172 valence electrons. The molecule has 0 aliphatic carbocycles. The van der Waals surface area contributed by atoms with Crippen LogP contribution in [0.2, 0.25) is 0 Å². The van der Waals surface area contributed by atoms with Gasteiger partial charge in [0.2, 0.25) is 0 Å². The van der Waals surface area contributed by atoms with E-state index in [-0.39, 0.29) is 11.5 Å². The summed E-state index contributed by atoms with van der Waals surface area (Å²) < 4.78 is 0. The first-order valence-electron chi connectivity index (χ1n) is 11.6. The molecule has 0 aromatic carbocycles. The van der Waals surface area contributed by atoms with Gasteiger partial charge in [-0.25, -0.2) is 4.98 Å². The van der Waals surface area contributed by atoms with Gasteiger partial charge in [0.15, 0.2) is 0 Å². The summed E-state index contributed by atoms with van der Waals surface area (Å²) in [7, 11) is 1.61. The molecule has 2 aliphatic heterocycles. The summed E-state index contributed by atoms with van der Waals surface area (Å²) in [5.74, 6) is -0.160. The maximum atomic E-state index is 12.1. The molecule has 8 nitrogen and oxygen atoms in total. The molecule has 5 heterocycles. The molecule has 0 radical (unpaired) electrons. The molecule has 2 aliphatic rings. The molecule has 3 aromatic heterocycles. The molecule has 8 heteroatoms. The number of H-pyrrole nitrogens is 1. The number of piperidine rings is 1. The van der Waals surface area contributed by atoms with Crippen molar-refractivity contribution in [1.82, 2.24) is 25.2 Å². The Morgan fingerprint density at radius 1 is 1.15 bits per heavy atom. The van der Waals surface area contributed by atoms with E-state index in [9.17, 15) is 9.59 Å². The molecule has 5 rings (SSSR count). The Hall–Kier alpha value is -3.26. The van der Waals surface area contributed by atoms with Crippen molar-refractivity contribution in [2.75, 3.05) is 38.1 Å². The number of fused-ring (bicyclic) bond motifs is 1. The molecule has 0 atom stereocenters. The van der Waals surface area contributed by atoms with Gasteiger partial charge < -0.3 is 15.2 Å². The SMILES string of the molecule is CCc1cc2ncc(CN3CC4(CCN(c5ccc(C(=O)NC)nc5)CC4)C3)cc2[nH]c1=O. The first-order valence-corrected chi connectivity index (χ1v) is 11.6. The van der Waals surface area contributed by atoms with E-state index in [0.717, 1.165) is 73.4 Å². The molecular weight excluding hydrogens is 416 g/mol. The number of carbonyl (C=O) groups is 1. The number of hydrogen-bond acceptors (Lipinski definition) is 6. The number of aryl methyl sites for hydroxylation is 1. The van der Waals surface area contributed by atoms with E-state index in [1.54, 1.807) is 19.3 Å². The van der Waals surface area contributed by atoms with Crippen molar-refractivity contribution < 1.29 is 4.79 Å². The van der Waals surface area contributed by atoms with Crippen LogP contribution >= 0.6 is 0 Å². The Balaban J connectivity index is 1.16. The van der Waals surface area contributed by atoms with Crippen LogP contribution in [0, 0.1) is 5.41 Å². The number of likely N-dealkylation sites (tertiary alicyclic amines) is 1. The number of rotatable bonds is 5. The molecule has 33 heavy (non-hydrogen) atoms. The van der Waals surface area contributed by atoms with Crippen LogP contribution in [0.1, 0.15) is 41.4 Å². The highest BCUT2D eigenvalue weighted by Gasteiger charge is 2.44. The average Bonchev–Trinajstić information content (AvgIpc) is 2.82. The Morgan fingerprint density at radius 2 is 1.94 bits per heavy atom. The lowest BCUT2D eigenvalue weighted by molar-refractivity contribution is -0.0240. The monoisotopic (exact) mass is 446 g/mol. The average molecular weight is 447 g/mol. The molecule has 3 aromatic rings. The Labute approximate surface area is 193 Å². The smallest absolute Gasteiger partial charge is 0.269 e.